The van der Waals surface area contributed by atoms with Gasteiger partial charge in [-0.2, -0.15) is 5.26 Å². The molecule has 20 heavy (non-hydrogen) atoms. The normalized spacial score (nSPS) is 10.1. The van der Waals surface area contributed by atoms with E-state index in [4.69, 9.17) is 5.26 Å². The van der Waals surface area contributed by atoms with Gasteiger partial charge in [-0.05, 0) is 6.07 Å². The number of ether oxygens (including phenoxy) is 2. The first-order valence-electron chi connectivity index (χ1n) is 5.12. The van der Waals surface area contributed by atoms with Crippen LogP contribution < -0.4 is 0 Å². The summed E-state index contributed by atoms with van der Waals surface area (Å²) < 4.78 is 49.2. The predicted molar refractivity (Wildman–Crippen MR) is 57.8 cm³/mol. The molecule has 0 amide bonds. The molecular weight excluding hydrogens is 279 g/mol. The second-order valence-electron chi connectivity index (χ2n) is 3.54. The van der Waals surface area contributed by atoms with Gasteiger partial charge in [0, 0.05) is 5.56 Å². The molecule has 0 atom stereocenters. The van der Waals surface area contributed by atoms with Gasteiger partial charge in [-0.1, -0.05) is 0 Å². The first-order chi connectivity index (χ1) is 9.38. The van der Waals surface area contributed by atoms with Crippen molar-refractivity contribution in [1.29, 1.82) is 5.26 Å². The number of hydrogen-bond acceptors (Lipinski definition) is 5. The van der Waals surface area contributed by atoms with Crippen LogP contribution in [-0.2, 0) is 19.1 Å². The Morgan fingerprint density at radius 3 is 2.05 bits per heavy atom. The van der Waals surface area contributed by atoms with E-state index in [9.17, 15) is 22.8 Å². The van der Waals surface area contributed by atoms with Gasteiger partial charge in [-0.3, -0.25) is 9.59 Å². The van der Waals surface area contributed by atoms with Crippen molar-refractivity contribution in [3.05, 3.63) is 34.6 Å². The summed E-state index contributed by atoms with van der Waals surface area (Å²) in [6.07, 6.45) is 0. The predicted octanol–water partition coefficient (Wildman–Crippen LogP) is 1.41. The van der Waals surface area contributed by atoms with Crippen molar-refractivity contribution in [3.8, 4) is 6.07 Å². The average Bonchev–Trinajstić information content (AvgIpc) is 2.44. The fraction of sp³-hybridized carbons (Fsp3) is 0.250. The third-order valence-corrected chi connectivity index (χ3v) is 2.48. The lowest BCUT2D eigenvalue weighted by atomic mass is 9.96. The van der Waals surface area contributed by atoms with E-state index >= 15 is 0 Å². The van der Waals surface area contributed by atoms with Crippen molar-refractivity contribution in [2.45, 2.75) is 5.92 Å². The Morgan fingerprint density at radius 2 is 1.65 bits per heavy atom. The van der Waals surface area contributed by atoms with E-state index in [2.05, 4.69) is 9.47 Å². The Labute approximate surface area is 111 Å². The molecule has 0 aromatic heterocycles. The van der Waals surface area contributed by atoms with Crippen LogP contribution in [-0.4, -0.2) is 26.2 Å². The maximum absolute atomic E-state index is 13.8. The number of nitriles is 1. The van der Waals surface area contributed by atoms with Gasteiger partial charge in [0.15, 0.2) is 17.6 Å². The zero-order valence-electron chi connectivity index (χ0n) is 10.4. The molecule has 0 unspecified atom stereocenters. The standard InChI is InChI=1S/C12H8F3NO4/c1-19-11(17)8(12(18)20-2)5-3-7(13)6(4-16)10(15)9(5)14/h3,8H,1-2H3. The summed E-state index contributed by atoms with van der Waals surface area (Å²) in [5, 5.41) is 8.48. The highest BCUT2D eigenvalue weighted by molar-refractivity contribution is 6.00. The zero-order valence-corrected chi connectivity index (χ0v) is 10.4. The summed E-state index contributed by atoms with van der Waals surface area (Å²) in [4.78, 5) is 22.9. The number of esters is 2. The van der Waals surface area contributed by atoms with E-state index in [-0.39, 0.29) is 0 Å². The molecule has 0 saturated carbocycles. The van der Waals surface area contributed by atoms with Crippen LogP contribution in [0.1, 0.15) is 17.0 Å². The van der Waals surface area contributed by atoms with Crippen molar-refractivity contribution in [1.82, 2.24) is 0 Å². The number of halogens is 3. The van der Waals surface area contributed by atoms with Crippen LogP contribution in [0.25, 0.3) is 0 Å². The molecule has 1 aromatic carbocycles. The number of hydrogen-bond donors (Lipinski definition) is 0. The summed E-state index contributed by atoms with van der Waals surface area (Å²) in [5.74, 6) is -9.37. The molecule has 0 aliphatic rings. The average molecular weight is 287 g/mol. The van der Waals surface area contributed by atoms with Crippen molar-refractivity contribution in [2.75, 3.05) is 14.2 Å². The van der Waals surface area contributed by atoms with E-state index in [1.165, 1.54) is 0 Å². The number of rotatable bonds is 3. The van der Waals surface area contributed by atoms with Crippen molar-refractivity contribution in [2.24, 2.45) is 0 Å². The first-order valence-corrected chi connectivity index (χ1v) is 5.12. The summed E-state index contributed by atoms with van der Waals surface area (Å²) in [6, 6.07) is 1.52. The summed E-state index contributed by atoms with van der Waals surface area (Å²) in [6.45, 7) is 0. The van der Waals surface area contributed by atoms with Crippen LogP contribution in [0.2, 0.25) is 0 Å². The third-order valence-electron chi connectivity index (χ3n) is 2.48. The van der Waals surface area contributed by atoms with Gasteiger partial charge in [0.2, 0.25) is 0 Å². The lowest BCUT2D eigenvalue weighted by Gasteiger charge is -2.14. The lowest BCUT2D eigenvalue weighted by molar-refractivity contribution is -0.154. The topological polar surface area (TPSA) is 76.4 Å². The minimum absolute atomic E-state index is 0.384. The van der Waals surface area contributed by atoms with Crippen LogP contribution in [0.15, 0.2) is 6.07 Å². The van der Waals surface area contributed by atoms with E-state index in [1.807, 2.05) is 0 Å². The minimum atomic E-state index is -1.98. The molecule has 0 spiro atoms. The summed E-state index contributed by atoms with van der Waals surface area (Å²) in [7, 11) is 1.82. The number of carbonyl (C=O) groups excluding carboxylic acids is 2. The molecule has 5 nitrogen and oxygen atoms in total. The monoisotopic (exact) mass is 287 g/mol. The van der Waals surface area contributed by atoms with Crippen molar-refractivity contribution >= 4 is 11.9 Å². The Morgan fingerprint density at radius 1 is 1.15 bits per heavy atom. The lowest BCUT2D eigenvalue weighted by Crippen LogP contribution is -2.26. The second kappa shape index (κ2) is 6.06. The third kappa shape index (κ3) is 2.56. The van der Waals surface area contributed by atoms with Gasteiger partial charge in [0.05, 0.1) is 14.2 Å². The second-order valence-corrected chi connectivity index (χ2v) is 3.54. The number of benzene rings is 1. The molecule has 0 fully saturated rings. The van der Waals surface area contributed by atoms with Gasteiger partial charge in [-0.25, -0.2) is 13.2 Å². The summed E-state index contributed by atoms with van der Waals surface area (Å²) >= 11 is 0. The van der Waals surface area contributed by atoms with Gasteiger partial charge in [-0.15, -0.1) is 0 Å². The minimum Gasteiger partial charge on any atom is -0.468 e. The van der Waals surface area contributed by atoms with Crippen LogP contribution in [0.3, 0.4) is 0 Å². The molecule has 1 rings (SSSR count). The van der Waals surface area contributed by atoms with E-state index in [0.717, 1.165) is 20.3 Å². The van der Waals surface area contributed by atoms with Gasteiger partial charge >= 0.3 is 11.9 Å². The quantitative estimate of drug-likeness (QED) is 0.477. The van der Waals surface area contributed by atoms with E-state index < -0.39 is 46.4 Å². The van der Waals surface area contributed by atoms with Crippen molar-refractivity contribution < 1.29 is 32.2 Å². The molecule has 0 radical (unpaired) electrons. The van der Waals surface area contributed by atoms with E-state index in [1.54, 1.807) is 0 Å². The highest BCUT2D eigenvalue weighted by Crippen LogP contribution is 2.27. The molecule has 1 aromatic rings. The van der Waals surface area contributed by atoms with Crippen LogP contribution in [0, 0.1) is 28.8 Å². The maximum Gasteiger partial charge on any atom is 0.324 e. The SMILES string of the molecule is COC(=O)C(C(=O)OC)c1cc(F)c(C#N)c(F)c1F. The number of carbonyl (C=O) groups is 2. The molecule has 8 heteroatoms. The fourth-order valence-corrected chi connectivity index (χ4v) is 1.51. The van der Waals surface area contributed by atoms with E-state index in [0.29, 0.717) is 6.07 Å². The fourth-order valence-electron chi connectivity index (χ4n) is 1.51. The van der Waals surface area contributed by atoms with Crippen LogP contribution >= 0.6 is 0 Å². The molecule has 106 valence electrons. The smallest absolute Gasteiger partial charge is 0.324 e. The maximum atomic E-state index is 13.8. The van der Waals surface area contributed by atoms with Gasteiger partial charge in [0.25, 0.3) is 0 Å². The molecular formula is C12H8F3NO4. The van der Waals surface area contributed by atoms with Gasteiger partial charge in [0.1, 0.15) is 17.4 Å². The first kappa shape index (κ1) is 15.5. The number of methoxy groups -OCH3 is 2. The molecule has 0 N–H and O–H groups in total. The highest BCUT2D eigenvalue weighted by Gasteiger charge is 2.35. The largest absolute Gasteiger partial charge is 0.468 e. The van der Waals surface area contributed by atoms with Crippen LogP contribution in [0.4, 0.5) is 13.2 Å². The molecule has 0 saturated heterocycles. The zero-order chi connectivity index (χ0) is 15.4. The van der Waals surface area contributed by atoms with Crippen molar-refractivity contribution in [3.63, 3.8) is 0 Å². The van der Waals surface area contributed by atoms with Gasteiger partial charge < -0.3 is 9.47 Å². The molecule has 0 aliphatic heterocycles. The Hall–Kier alpha value is -2.56. The van der Waals surface area contributed by atoms with Crippen LogP contribution in [0.5, 0.6) is 0 Å². The number of nitrogens with zero attached hydrogens (tertiary/aromatic N) is 1. The molecule has 0 bridgehead atoms. The Balaban J connectivity index is 3.54. The Kier molecular flexibility index (Phi) is 4.69. The highest BCUT2D eigenvalue weighted by atomic mass is 19.2. The Bertz CT molecular complexity index is 594. The molecule has 0 heterocycles. The molecule has 0 aliphatic carbocycles. The summed E-state index contributed by atoms with van der Waals surface area (Å²) in [5.41, 5.74) is -2.06.